The number of aliphatic hydroxyl groups excluding tert-OH is 1. The predicted octanol–water partition coefficient (Wildman–Crippen LogP) is 1.47. The molecule has 0 saturated heterocycles. The van der Waals surface area contributed by atoms with E-state index in [1.165, 1.54) is 0 Å². The van der Waals surface area contributed by atoms with Crippen LogP contribution in [0.2, 0.25) is 0 Å². The maximum atomic E-state index is 12.2. The molecule has 4 nitrogen and oxygen atoms in total. The Bertz CT molecular complexity index is 445. The summed E-state index contributed by atoms with van der Waals surface area (Å²) in [6, 6.07) is 5.51. The van der Waals surface area contributed by atoms with Crippen LogP contribution in [0.15, 0.2) is 18.2 Å². The second-order valence-corrected chi connectivity index (χ2v) is 5.04. The zero-order valence-corrected chi connectivity index (χ0v) is 10.6. The summed E-state index contributed by atoms with van der Waals surface area (Å²) in [5.41, 5.74) is 7.86. The molecule has 0 spiro atoms. The SMILES string of the molecule is Cc1ccc(N)c(C(=O)NC2CCCC2CO)c1. The first-order valence-corrected chi connectivity index (χ1v) is 6.39. The molecule has 98 valence electrons. The van der Waals surface area contributed by atoms with Crippen LogP contribution >= 0.6 is 0 Å². The normalized spacial score (nSPS) is 23.0. The standard InChI is InChI=1S/C14H20N2O2/c1-9-5-6-12(15)11(7-9)14(18)16-13-4-2-3-10(13)8-17/h5-7,10,13,17H,2-4,8,15H2,1H3,(H,16,18). The van der Waals surface area contributed by atoms with Gasteiger partial charge in [0.2, 0.25) is 0 Å². The Labute approximate surface area is 107 Å². The van der Waals surface area contributed by atoms with Gasteiger partial charge in [0.15, 0.2) is 0 Å². The van der Waals surface area contributed by atoms with E-state index in [2.05, 4.69) is 5.32 Å². The highest BCUT2D eigenvalue weighted by Gasteiger charge is 2.28. The quantitative estimate of drug-likeness (QED) is 0.709. The maximum absolute atomic E-state index is 12.2. The Balaban J connectivity index is 2.09. The molecule has 1 aliphatic carbocycles. The molecule has 4 heteroatoms. The van der Waals surface area contributed by atoms with Crippen molar-refractivity contribution in [2.45, 2.75) is 32.2 Å². The van der Waals surface area contributed by atoms with Crippen molar-refractivity contribution < 1.29 is 9.90 Å². The van der Waals surface area contributed by atoms with Crippen molar-refractivity contribution in [3.63, 3.8) is 0 Å². The molecule has 1 aromatic carbocycles. The first kappa shape index (κ1) is 12.9. The van der Waals surface area contributed by atoms with E-state index in [4.69, 9.17) is 5.73 Å². The minimum absolute atomic E-state index is 0.0717. The summed E-state index contributed by atoms with van der Waals surface area (Å²) in [5, 5.41) is 12.2. The second-order valence-electron chi connectivity index (χ2n) is 5.04. The van der Waals surface area contributed by atoms with Crippen LogP contribution in [0.1, 0.15) is 35.2 Å². The van der Waals surface area contributed by atoms with Gasteiger partial charge in [0.25, 0.3) is 5.91 Å². The minimum atomic E-state index is -0.137. The van der Waals surface area contributed by atoms with E-state index in [-0.39, 0.29) is 24.5 Å². The van der Waals surface area contributed by atoms with E-state index in [0.29, 0.717) is 11.3 Å². The lowest BCUT2D eigenvalue weighted by atomic mass is 10.0. The Hall–Kier alpha value is -1.55. The fraction of sp³-hybridized carbons (Fsp3) is 0.500. The van der Waals surface area contributed by atoms with Crippen LogP contribution in [0.4, 0.5) is 5.69 Å². The van der Waals surface area contributed by atoms with Gasteiger partial charge in [-0.15, -0.1) is 0 Å². The summed E-state index contributed by atoms with van der Waals surface area (Å²) in [7, 11) is 0. The van der Waals surface area contributed by atoms with Crippen molar-refractivity contribution in [1.82, 2.24) is 5.32 Å². The molecule has 0 aromatic heterocycles. The van der Waals surface area contributed by atoms with Gasteiger partial charge >= 0.3 is 0 Å². The summed E-state index contributed by atoms with van der Waals surface area (Å²) in [6.07, 6.45) is 2.97. The highest BCUT2D eigenvalue weighted by Crippen LogP contribution is 2.25. The number of hydrogen-bond acceptors (Lipinski definition) is 3. The van der Waals surface area contributed by atoms with Crippen LogP contribution in [-0.4, -0.2) is 23.7 Å². The van der Waals surface area contributed by atoms with Crippen molar-refractivity contribution >= 4 is 11.6 Å². The Morgan fingerprint density at radius 1 is 1.50 bits per heavy atom. The molecule has 0 radical (unpaired) electrons. The molecule has 0 bridgehead atoms. The fourth-order valence-electron chi connectivity index (χ4n) is 2.56. The topological polar surface area (TPSA) is 75.4 Å². The van der Waals surface area contributed by atoms with Crippen molar-refractivity contribution in [3.05, 3.63) is 29.3 Å². The van der Waals surface area contributed by atoms with Gasteiger partial charge in [-0.25, -0.2) is 0 Å². The van der Waals surface area contributed by atoms with Crippen LogP contribution in [0.5, 0.6) is 0 Å². The summed E-state index contributed by atoms with van der Waals surface area (Å²) in [4.78, 5) is 12.2. The van der Waals surface area contributed by atoms with E-state index in [1.807, 2.05) is 13.0 Å². The van der Waals surface area contributed by atoms with Gasteiger partial charge in [-0.1, -0.05) is 18.1 Å². The number of anilines is 1. The lowest BCUT2D eigenvalue weighted by Gasteiger charge is -2.19. The monoisotopic (exact) mass is 248 g/mol. The molecule has 1 amide bonds. The number of hydrogen-bond donors (Lipinski definition) is 3. The molecule has 1 saturated carbocycles. The number of amides is 1. The lowest BCUT2D eigenvalue weighted by Crippen LogP contribution is -2.38. The van der Waals surface area contributed by atoms with E-state index in [9.17, 15) is 9.90 Å². The summed E-state index contributed by atoms with van der Waals surface area (Å²) in [6.45, 7) is 2.07. The molecule has 4 N–H and O–H groups in total. The molecule has 2 rings (SSSR count). The van der Waals surface area contributed by atoms with Gasteiger partial charge in [0, 0.05) is 24.3 Å². The smallest absolute Gasteiger partial charge is 0.253 e. The van der Waals surface area contributed by atoms with Crippen molar-refractivity contribution in [2.75, 3.05) is 12.3 Å². The Morgan fingerprint density at radius 2 is 2.28 bits per heavy atom. The molecular weight excluding hydrogens is 228 g/mol. The van der Waals surface area contributed by atoms with Gasteiger partial charge in [-0.3, -0.25) is 4.79 Å². The fourth-order valence-corrected chi connectivity index (χ4v) is 2.56. The third-order valence-corrected chi connectivity index (χ3v) is 3.66. The third-order valence-electron chi connectivity index (χ3n) is 3.66. The second kappa shape index (κ2) is 5.40. The van der Waals surface area contributed by atoms with Crippen LogP contribution in [0.3, 0.4) is 0 Å². The summed E-state index contributed by atoms with van der Waals surface area (Å²) < 4.78 is 0. The Morgan fingerprint density at radius 3 is 3.00 bits per heavy atom. The first-order valence-electron chi connectivity index (χ1n) is 6.39. The number of carbonyl (C=O) groups excluding carboxylic acids is 1. The number of rotatable bonds is 3. The van der Waals surface area contributed by atoms with Crippen LogP contribution in [-0.2, 0) is 0 Å². The summed E-state index contributed by atoms with van der Waals surface area (Å²) in [5.74, 6) is 0.0431. The number of benzene rings is 1. The van der Waals surface area contributed by atoms with Crippen molar-refractivity contribution in [1.29, 1.82) is 0 Å². The number of aryl methyl sites for hydroxylation is 1. The van der Waals surface area contributed by atoms with Crippen molar-refractivity contribution in [3.8, 4) is 0 Å². The third kappa shape index (κ3) is 2.64. The number of aliphatic hydroxyl groups is 1. The molecule has 1 aliphatic rings. The molecule has 1 aromatic rings. The Kier molecular flexibility index (Phi) is 3.87. The van der Waals surface area contributed by atoms with Crippen LogP contribution in [0, 0.1) is 12.8 Å². The average molecular weight is 248 g/mol. The number of carbonyl (C=O) groups is 1. The van der Waals surface area contributed by atoms with Gasteiger partial charge in [0.05, 0.1) is 5.56 Å². The largest absolute Gasteiger partial charge is 0.398 e. The zero-order chi connectivity index (χ0) is 13.1. The van der Waals surface area contributed by atoms with Gasteiger partial charge in [-0.05, 0) is 31.9 Å². The predicted molar refractivity (Wildman–Crippen MR) is 71.3 cm³/mol. The maximum Gasteiger partial charge on any atom is 0.253 e. The van der Waals surface area contributed by atoms with E-state index in [1.54, 1.807) is 12.1 Å². The minimum Gasteiger partial charge on any atom is -0.398 e. The highest BCUT2D eigenvalue weighted by molar-refractivity contribution is 5.99. The number of nitrogen functional groups attached to an aromatic ring is 1. The molecule has 0 aliphatic heterocycles. The van der Waals surface area contributed by atoms with E-state index >= 15 is 0 Å². The molecule has 2 unspecified atom stereocenters. The van der Waals surface area contributed by atoms with Crippen LogP contribution < -0.4 is 11.1 Å². The zero-order valence-electron chi connectivity index (χ0n) is 10.6. The summed E-state index contributed by atoms with van der Waals surface area (Å²) >= 11 is 0. The van der Waals surface area contributed by atoms with Crippen LogP contribution in [0.25, 0.3) is 0 Å². The van der Waals surface area contributed by atoms with Crippen molar-refractivity contribution in [2.24, 2.45) is 5.92 Å². The molecule has 1 fully saturated rings. The van der Waals surface area contributed by atoms with E-state index in [0.717, 1.165) is 24.8 Å². The van der Waals surface area contributed by atoms with E-state index < -0.39 is 0 Å². The lowest BCUT2D eigenvalue weighted by molar-refractivity contribution is 0.0917. The van der Waals surface area contributed by atoms with Gasteiger partial charge in [0.1, 0.15) is 0 Å². The molecular formula is C14H20N2O2. The van der Waals surface area contributed by atoms with Gasteiger partial charge < -0.3 is 16.2 Å². The average Bonchev–Trinajstić information content (AvgIpc) is 2.79. The van der Waals surface area contributed by atoms with Gasteiger partial charge in [-0.2, -0.15) is 0 Å². The first-order chi connectivity index (χ1) is 8.61. The molecule has 18 heavy (non-hydrogen) atoms. The highest BCUT2D eigenvalue weighted by atomic mass is 16.3. The number of nitrogens with one attached hydrogen (secondary N) is 1. The molecule has 2 atom stereocenters. The molecule has 0 heterocycles. The number of nitrogens with two attached hydrogens (primary N) is 1.